The second kappa shape index (κ2) is 7.39. The number of rotatable bonds is 2. The average Bonchev–Trinajstić information content (AvgIpc) is 2.50. The summed E-state index contributed by atoms with van der Waals surface area (Å²) >= 11 is 3.31. The van der Waals surface area contributed by atoms with Gasteiger partial charge in [0.05, 0.1) is 13.1 Å². The van der Waals surface area contributed by atoms with Crippen molar-refractivity contribution in [3.05, 3.63) is 33.6 Å². The van der Waals surface area contributed by atoms with Gasteiger partial charge in [0.1, 0.15) is 11.4 Å². The van der Waals surface area contributed by atoms with Gasteiger partial charge in [0.2, 0.25) is 5.69 Å². The molecular weight excluding hydrogens is 410 g/mol. The summed E-state index contributed by atoms with van der Waals surface area (Å²) in [5.41, 5.74) is 0.189. The van der Waals surface area contributed by atoms with Crippen molar-refractivity contribution < 1.29 is 23.0 Å². The zero-order chi connectivity index (χ0) is 19.7. The zero-order valence-corrected chi connectivity index (χ0v) is 16.7. The number of likely N-dealkylation sites (tertiary alicyclic amines) is 1. The Morgan fingerprint density at radius 2 is 2.08 bits per heavy atom. The first-order valence-electron chi connectivity index (χ1n) is 8.13. The molecular formula is C18H21BrF2N2O3. The van der Waals surface area contributed by atoms with Crippen LogP contribution in [0.1, 0.15) is 32.8 Å². The number of benzene rings is 1. The predicted molar refractivity (Wildman–Crippen MR) is 96.9 cm³/mol. The molecule has 1 amide bonds. The van der Waals surface area contributed by atoms with Gasteiger partial charge >= 0.3 is 12.0 Å². The van der Waals surface area contributed by atoms with E-state index < -0.39 is 30.3 Å². The van der Waals surface area contributed by atoms with Crippen molar-refractivity contribution in [1.29, 1.82) is 0 Å². The van der Waals surface area contributed by atoms with Crippen LogP contribution in [-0.4, -0.2) is 41.7 Å². The maximum Gasteiger partial charge on any atom is 0.410 e. The van der Waals surface area contributed by atoms with Crippen LogP contribution in [0.15, 0.2) is 16.6 Å². The molecule has 0 aliphatic carbocycles. The van der Waals surface area contributed by atoms with Crippen LogP contribution in [0.3, 0.4) is 0 Å². The Kier molecular flexibility index (Phi) is 5.81. The van der Waals surface area contributed by atoms with Gasteiger partial charge in [-0.15, -0.1) is 0 Å². The van der Waals surface area contributed by atoms with Crippen LogP contribution in [-0.2, 0) is 4.74 Å². The van der Waals surface area contributed by atoms with Crippen LogP contribution in [0.2, 0.25) is 0 Å². The summed E-state index contributed by atoms with van der Waals surface area (Å²) in [6.45, 7) is 13.3. The molecule has 0 spiro atoms. The third-order valence-electron chi connectivity index (χ3n) is 3.82. The monoisotopic (exact) mass is 430 g/mol. The first kappa shape index (κ1) is 20.4. The van der Waals surface area contributed by atoms with Gasteiger partial charge in [0.15, 0.2) is 6.10 Å². The third kappa shape index (κ3) is 4.85. The van der Waals surface area contributed by atoms with E-state index in [1.165, 1.54) is 0 Å². The molecule has 1 aromatic rings. The Morgan fingerprint density at radius 1 is 1.42 bits per heavy atom. The highest BCUT2D eigenvalue weighted by Crippen LogP contribution is 2.38. The fourth-order valence-electron chi connectivity index (χ4n) is 2.53. The van der Waals surface area contributed by atoms with Crippen molar-refractivity contribution in [3.8, 4) is 5.75 Å². The van der Waals surface area contributed by atoms with Crippen molar-refractivity contribution in [1.82, 2.24) is 4.90 Å². The number of hydrogen-bond donors (Lipinski definition) is 0. The van der Waals surface area contributed by atoms with E-state index >= 15 is 0 Å². The van der Waals surface area contributed by atoms with Gasteiger partial charge in [0.25, 0.3) is 0 Å². The summed E-state index contributed by atoms with van der Waals surface area (Å²) in [4.78, 5) is 16.4. The average molecular weight is 431 g/mol. The number of carbonyl (C=O) groups excluding carboxylic acids is 1. The Morgan fingerprint density at radius 3 is 2.62 bits per heavy atom. The minimum absolute atomic E-state index is 0.0568. The SMILES string of the molecule is [C-]#[N+]c1cc(Br)c(C)cc1OC1CCN(C(=O)OC(C)(C)C)CC1(F)F. The van der Waals surface area contributed by atoms with Crippen LogP contribution in [0.5, 0.6) is 5.75 Å². The topological polar surface area (TPSA) is 43.1 Å². The molecule has 26 heavy (non-hydrogen) atoms. The predicted octanol–water partition coefficient (Wildman–Crippen LogP) is 5.33. The van der Waals surface area contributed by atoms with Gasteiger partial charge < -0.3 is 14.4 Å². The van der Waals surface area contributed by atoms with E-state index in [1.807, 2.05) is 0 Å². The van der Waals surface area contributed by atoms with Gasteiger partial charge in [-0.1, -0.05) is 15.9 Å². The molecule has 0 aromatic heterocycles. The molecule has 1 aliphatic rings. The van der Waals surface area contributed by atoms with E-state index in [9.17, 15) is 13.6 Å². The molecule has 0 radical (unpaired) electrons. The highest BCUT2D eigenvalue weighted by Gasteiger charge is 2.48. The summed E-state index contributed by atoms with van der Waals surface area (Å²) in [5.74, 6) is -3.13. The minimum Gasteiger partial charge on any atom is -0.495 e. The van der Waals surface area contributed by atoms with E-state index in [0.717, 1.165) is 10.5 Å². The van der Waals surface area contributed by atoms with E-state index in [2.05, 4.69) is 20.8 Å². The summed E-state index contributed by atoms with van der Waals surface area (Å²) in [7, 11) is 0. The van der Waals surface area contributed by atoms with Crippen LogP contribution in [0, 0.1) is 13.5 Å². The Balaban J connectivity index is 2.14. The first-order valence-corrected chi connectivity index (χ1v) is 8.92. The van der Waals surface area contributed by atoms with Gasteiger partial charge in [0, 0.05) is 17.4 Å². The molecule has 1 heterocycles. The quantitative estimate of drug-likeness (QED) is 0.595. The molecule has 1 fully saturated rings. The molecule has 1 unspecified atom stereocenters. The fraction of sp³-hybridized carbons (Fsp3) is 0.556. The number of hydrogen-bond acceptors (Lipinski definition) is 3. The summed E-state index contributed by atoms with van der Waals surface area (Å²) in [5, 5.41) is 0. The zero-order valence-electron chi connectivity index (χ0n) is 15.1. The number of aryl methyl sites for hydroxylation is 1. The van der Waals surface area contributed by atoms with E-state index in [0.29, 0.717) is 4.47 Å². The second-order valence-corrected chi connectivity index (χ2v) is 8.09. The molecule has 1 saturated heterocycles. The van der Waals surface area contributed by atoms with Crippen molar-refractivity contribution in [3.63, 3.8) is 0 Å². The lowest BCUT2D eigenvalue weighted by Crippen LogP contribution is -2.56. The van der Waals surface area contributed by atoms with Gasteiger partial charge in [-0.05, 0) is 45.4 Å². The molecule has 1 atom stereocenters. The van der Waals surface area contributed by atoms with Crippen molar-refractivity contribution in [2.45, 2.75) is 51.7 Å². The van der Waals surface area contributed by atoms with Gasteiger partial charge in [-0.25, -0.2) is 18.4 Å². The van der Waals surface area contributed by atoms with Gasteiger partial charge in [-0.2, -0.15) is 0 Å². The largest absolute Gasteiger partial charge is 0.495 e. The molecule has 5 nitrogen and oxygen atoms in total. The molecule has 0 N–H and O–H groups in total. The Labute approximate surface area is 160 Å². The molecule has 0 saturated carbocycles. The Hall–Kier alpha value is -1.88. The lowest BCUT2D eigenvalue weighted by atomic mass is 10.0. The standard InChI is InChI=1S/C18H21BrF2N2O3/c1-11-8-14(13(22-5)9-12(11)19)25-15-6-7-23(10-18(15,20)21)16(24)26-17(2,3)4/h8-9,15H,6-7,10H2,1-4H3. The van der Waals surface area contributed by atoms with Crippen LogP contribution in [0.25, 0.3) is 4.85 Å². The van der Waals surface area contributed by atoms with Crippen molar-refractivity contribution in [2.75, 3.05) is 13.1 Å². The van der Waals surface area contributed by atoms with Crippen molar-refractivity contribution in [2.24, 2.45) is 0 Å². The number of carbonyl (C=O) groups is 1. The van der Waals surface area contributed by atoms with Crippen LogP contribution < -0.4 is 4.74 Å². The van der Waals surface area contributed by atoms with Gasteiger partial charge in [-0.3, -0.25) is 0 Å². The maximum atomic E-state index is 14.6. The maximum absolute atomic E-state index is 14.6. The first-order chi connectivity index (χ1) is 11.9. The highest BCUT2D eigenvalue weighted by atomic mass is 79.9. The number of alkyl halides is 2. The van der Waals surface area contributed by atoms with Crippen molar-refractivity contribution >= 4 is 27.7 Å². The third-order valence-corrected chi connectivity index (χ3v) is 4.67. The van der Waals surface area contributed by atoms with E-state index in [-0.39, 0.29) is 24.4 Å². The lowest BCUT2D eigenvalue weighted by Gasteiger charge is -2.38. The number of piperidine rings is 1. The molecule has 2 rings (SSSR count). The molecule has 142 valence electrons. The number of amides is 1. The summed E-state index contributed by atoms with van der Waals surface area (Å²) < 4.78 is 40.5. The molecule has 8 heteroatoms. The molecule has 0 bridgehead atoms. The normalized spacial score (nSPS) is 19.6. The summed E-state index contributed by atoms with van der Waals surface area (Å²) in [6, 6.07) is 3.11. The summed E-state index contributed by atoms with van der Waals surface area (Å²) in [6.07, 6.45) is -2.24. The van der Waals surface area contributed by atoms with E-state index in [4.69, 9.17) is 16.0 Å². The smallest absolute Gasteiger partial charge is 0.410 e. The van der Waals surface area contributed by atoms with E-state index in [1.54, 1.807) is 39.8 Å². The van der Waals surface area contributed by atoms with Crippen LogP contribution >= 0.6 is 15.9 Å². The minimum atomic E-state index is -3.25. The van der Waals surface area contributed by atoms with Crippen LogP contribution in [0.4, 0.5) is 19.3 Å². The molecule has 1 aliphatic heterocycles. The number of halogens is 3. The Bertz CT molecular complexity index is 741. The second-order valence-electron chi connectivity index (χ2n) is 7.24. The number of nitrogens with zero attached hydrogens (tertiary/aromatic N) is 2. The highest BCUT2D eigenvalue weighted by molar-refractivity contribution is 9.10. The molecule has 1 aromatic carbocycles. The lowest BCUT2D eigenvalue weighted by molar-refractivity contribution is -0.137. The number of ether oxygens (including phenoxy) is 2. The fourth-order valence-corrected chi connectivity index (χ4v) is 2.86.